The molecule has 0 amide bonds. The minimum atomic E-state index is -0.443. The van der Waals surface area contributed by atoms with Gasteiger partial charge in [-0.2, -0.15) is 0 Å². The number of benzene rings is 6. The lowest BCUT2D eigenvalue weighted by Gasteiger charge is -2.34. The summed E-state index contributed by atoms with van der Waals surface area (Å²) in [5, 5.41) is 2.50. The maximum atomic E-state index is 3.82. The van der Waals surface area contributed by atoms with Crippen LogP contribution in [0, 0.1) is 0 Å². The quantitative estimate of drug-likeness (QED) is 0.181. The SMILES string of the molecule is Brc1ccc2c(c1)C(c1ccccc1)(c1ccccc1)c1cc3c4ccc(Br)cc4n(-c4ccccc4)c3cc1-2. The third-order valence-electron chi connectivity index (χ3n) is 8.38. The smallest absolute Gasteiger partial charge is 0.0714 e. The topological polar surface area (TPSA) is 4.93 Å². The van der Waals surface area contributed by atoms with Gasteiger partial charge in [-0.25, -0.2) is 0 Å². The fourth-order valence-corrected chi connectivity index (χ4v) is 7.51. The van der Waals surface area contributed by atoms with E-state index in [0.29, 0.717) is 0 Å². The molecule has 0 unspecified atom stereocenters. The van der Waals surface area contributed by atoms with Crippen molar-refractivity contribution in [3.05, 3.63) is 171 Å². The fourth-order valence-electron chi connectivity index (χ4n) is 6.80. The van der Waals surface area contributed by atoms with Gasteiger partial charge in [0.15, 0.2) is 0 Å². The van der Waals surface area contributed by atoms with Gasteiger partial charge in [-0.15, -0.1) is 0 Å². The molecule has 8 rings (SSSR count). The van der Waals surface area contributed by atoms with Crippen LogP contribution in [0.5, 0.6) is 0 Å². The molecule has 3 heteroatoms. The zero-order valence-corrected chi connectivity index (χ0v) is 24.7. The Labute approximate surface area is 250 Å². The molecule has 0 saturated heterocycles. The Bertz CT molecular complexity index is 2020. The summed E-state index contributed by atoms with van der Waals surface area (Å²) in [5.74, 6) is 0. The Hall–Kier alpha value is -3.92. The summed E-state index contributed by atoms with van der Waals surface area (Å²) in [5.41, 5.74) is 10.8. The van der Waals surface area contributed by atoms with E-state index in [9.17, 15) is 0 Å². The highest BCUT2D eigenvalue weighted by molar-refractivity contribution is 9.10. The molecule has 1 aliphatic carbocycles. The van der Waals surface area contributed by atoms with Crippen LogP contribution in [-0.2, 0) is 5.41 Å². The zero-order valence-electron chi connectivity index (χ0n) is 21.5. The van der Waals surface area contributed by atoms with Crippen molar-refractivity contribution in [1.29, 1.82) is 0 Å². The highest BCUT2D eigenvalue weighted by atomic mass is 79.9. The molecule has 40 heavy (non-hydrogen) atoms. The maximum absolute atomic E-state index is 3.82. The molecule has 0 saturated carbocycles. The van der Waals surface area contributed by atoms with Crippen LogP contribution in [0.3, 0.4) is 0 Å². The first-order valence-corrected chi connectivity index (χ1v) is 15.0. The molecule has 1 aliphatic rings. The number of hydrogen-bond acceptors (Lipinski definition) is 0. The van der Waals surface area contributed by atoms with E-state index in [0.717, 1.165) is 14.6 Å². The Kier molecular flexibility index (Phi) is 5.42. The minimum Gasteiger partial charge on any atom is -0.309 e. The Morgan fingerprint density at radius 3 is 1.68 bits per heavy atom. The lowest BCUT2D eigenvalue weighted by Crippen LogP contribution is -2.28. The van der Waals surface area contributed by atoms with Crippen molar-refractivity contribution >= 4 is 53.7 Å². The van der Waals surface area contributed by atoms with Gasteiger partial charge in [0.2, 0.25) is 0 Å². The highest BCUT2D eigenvalue weighted by Crippen LogP contribution is 2.58. The molecule has 0 aliphatic heterocycles. The molecule has 6 aromatic carbocycles. The number of fused-ring (bicyclic) bond motifs is 6. The number of nitrogens with zero attached hydrogens (tertiary/aromatic N) is 1. The summed E-state index contributed by atoms with van der Waals surface area (Å²) in [6.45, 7) is 0. The summed E-state index contributed by atoms with van der Waals surface area (Å²) in [6.07, 6.45) is 0. The first-order valence-electron chi connectivity index (χ1n) is 13.4. The van der Waals surface area contributed by atoms with E-state index in [-0.39, 0.29) is 0 Å². The highest BCUT2D eigenvalue weighted by Gasteiger charge is 2.46. The first-order chi connectivity index (χ1) is 19.7. The summed E-state index contributed by atoms with van der Waals surface area (Å²) in [7, 11) is 0. The Morgan fingerprint density at radius 1 is 0.450 bits per heavy atom. The molecular formula is C37H23Br2N. The van der Waals surface area contributed by atoms with Crippen LogP contribution in [0.15, 0.2) is 148 Å². The summed E-state index contributed by atoms with van der Waals surface area (Å²) in [4.78, 5) is 0. The van der Waals surface area contributed by atoms with Crippen molar-refractivity contribution in [2.24, 2.45) is 0 Å². The lowest BCUT2D eigenvalue weighted by atomic mass is 9.67. The molecule has 1 heterocycles. The number of halogens is 2. The third-order valence-corrected chi connectivity index (χ3v) is 9.36. The van der Waals surface area contributed by atoms with Crippen molar-refractivity contribution in [3.63, 3.8) is 0 Å². The standard InChI is InChI=1S/C37H23Br2N/c38-26-16-18-29-31-23-36-32(30-19-17-27(39)21-35(30)40(36)28-14-8-3-9-15-28)22-34(31)37(33(29)20-26,24-10-4-1-5-11-24)25-12-6-2-7-13-25/h1-23H. The average Bonchev–Trinajstić information content (AvgIpc) is 3.46. The van der Waals surface area contributed by atoms with Crippen LogP contribution >= 0.6 is 31.9 Å². The second-order valence-electron chi connectivity index (χ2n) is 10.4. The molecule has 0 spiro atoms. The van der Waals surface area contributed by atoms with Gasteiger partial charge < -0.3 is 4.57 Å². The first kappa shape index (κ1) is 23.9. The molecule has 7 aromatic rings. The van der Waals surface area contributed by atoms with E-state index in [4.69, 9.17) is 0 Å². The monoisotopic (exact) mass is 639 g/mol. The van der Waals surface area contributed by atoms with E-state index < -0.39 is 5.41 Å². The van der Waals surface area contributed by atoms with E-state index in [1.807, 2.05) is 0 Å². The fraction of sp³-hybridized carbons (Fsp3) is 0.0270. The van der Waals surface area contributed by atoms with Crippen molar-refractivity contribution in [2.75, 3.05) is 0 Å². The summed E-state index contributed by atoms with van der Waals surface area (Å²) >= 11 is 7.56. The largest absolute Gasteiger partial charge is 0.309 e. The van der Waals surface area contributed by atoms with Crippen LogP contribution in [0.25, 0.3) is 38.6 Å². The van der Waals surface area contributed by atoms with Crippen molar-refractivity contribution in [2.45, 2.75) is 5.41 Å². The molecule has 190 valence electrons. The minimum absolute atomic E-state index is 0.443. The van der Waals surface area contributed by atoms with Gasteiger partial charge in [0.05, 0.1) is 16.4 Å². The van der Waals surface area contributed by atoms with E-state index in [1.54, 1.807) is 0 Å². The van der Waals surface area contributed by atoms with Gasteiger partial charge in [0, 0.05) is 25.4 Å². The second kappa shape index (κ2) is 9.05. The van der Waals surface area contributed by atoms with Gasteiger partial charge in [-0.1, -0.05) is 123 Å². The van der Waals surface area contributed by atoms with E-state index in [1.165, 1.54) is 55.2 Å². The molecule has 0 radical (unpaired) electrons. The predicted octanol–water partition coefficient (Wildman–Crippen LogP) is 10.7. The molecule has 0 atom stereocenters. The van der Waals surface area contributed by atoms with Crippen LogP contribution in [0.2, 0.25) is 0 Å². The molecule has 1 nitrogen and oxygen atoms in total. The number of rotatable bonds is 3. The Balaban J connectivity index is 1.58. The molecule has 0 N–H and O–H groups in total. The molecule has 0 bridgehead atoms. The van der Waals surface area contributed by atoms with Crippen LogP contribution in [0.4, 0.5) is 0 Å². The molecule has 0 fully saturated rings. The normalized spacial score (nSPS) is 13.4. The van der Waals surface area contributed by atoms with Gasteiger partial charge in [-0.3, -0.25) is 0 Å². The van der Waals surface area contributed by atoms with E-state index in [2.05, 4.69) is 176 Å². The maximum Gasteiger partial charge on any atom is 0.0714 e. The number of hydrogen-bond donors (Lipinski definition) is 0. The average molecular weight is 641 g/mol. The summed E-state index contributed by atoms with van der Waals surface area (Å²) < 4.78 is 4.56. The van der Waals surface area contributed by atoms with Crippen LogP contribution < -0.4 is 0 Å². The number of para-hydroxylation sites is 1. The van der Waals surface area contributed by atoms with Gasteiger partial charge in [-0.05, 0) is 81.9 Å². The zero-order chi connectivity index (χ0) is 26.8. The van der Waals surface area contributed by atoms with Crippen molar-refractivity contribution in [3.8, 4) is 16.8 Å². The van der Waals surface area contributed by atoms with Gasteiger partial charge in [0.25, 0.3) is 0 Å². The van der Waals surface area contributed by atoms with Gasteiger partial charge in [0.1, 0.15) is 0 Å². The third kappa shape index (κ3) is 3.31. The van der Waals surface area contributed by atoms with E-state index >= 15 is 0 Å². The van der Waals surface area contributed by atoms with Crippen molar-refractivity contribution in [1.82, 2.24) is 4.57 Å². The van der Waals surface area contributed by atoms with Crippen LogP contribution in [-0.4, -0.2) is 4.57 Å². The predicted molar refractivity (Wildman–Crippen MR) is 173 cm³/mol. The van der Waals surface area contributed by atoms with Crippen LogP contribution in [0.1, 0.15) is 22.3 Å². The second-order valence-corrected chi connectivity index (χ2v) is 12.3. The Morgan fingerprint density at radius 2 is 1.00 bits per heavy atom. The van der Waals surface area contributed by atoms with Crippen molar-refractivity contribution < 1.29 is 0 Å². The summed E-state index contributed by atoms with van der Waals surface area (Å²) in [6, 6.07) is 50.9. The van der Waals surface area contributed by atoms with Gasteiger partial charge >= 0.3 is 0 Å². The molecule has 1 aromatic heterocycles. The molecular weight excluding hydrogens is 618 g/mol. The lowest BCUT2D eigenvalue weighted by molar-refractivity contribution is 0.769. The number of aromatic nitrogens is 1.